The van der Waals surface area contributed by atoms with Crippen LogP contribution in [0.25, 0.3) is 0 Å². The van der Waals surface area contributed by atoms with E-state index in [0.29, 0.717) is 18.7 Å². The number of aromatic nitrogens is 2. The summed E-state index contributed by atoms with van der Waals surface area (Å²) >= 11 is 0. The summed E-state index contributed by atoms with van der Waals surface area (Å²) in [5.74, 6) is -0.165. The van der Waals surface area contributed by atoms with Crippen LogP contribution in [0.15, 0.2) is 36.7 Å². The lowest BCUT2D eigenvalue weighted by molar-refractivity contribution is -0.153. The van der Waals surface area contributed by atoms with Gasteiger partial charge in [0.15, 0.2) is 6.61 Å². The minimum atomic E-state index is -4.41. The number of alkyl halides is 3. The van der Waals surface area contributed by atoms with E-state index in [0.717, 1.165) is 25.2 Å². The number of rotatable bonds is 5. The summed E-state index contributed by atoms with van der Waals surface area (Å²) in [4.78, 5) is 16.6. The van der Waals surface area contributed by atoms with Crippen molar-refractivity contribution in [2.75, 3.05) is 32.8 Å². The van der Waals surface area contributed by atoms with Crippen LogP contribution >= 0.6 is 0 Å². The van der Waals surface area contributed by atoms with Crippen LogP contribution in [0.1, 0.15) is 15.9 Å². The van der Waals surface area contributed by atoms with Gasteiger partial charge in [-0.15, -0.1) is 0 Å². The predicted octanol–water partition coefficient (Wildman–Crippen LogP) is 2.32. The molecule has 1 aliphatic heterocycles. The quantitative estimate of drug-likeness (QED) is 0.797. The van der Waals surface area contributed by atoms with Gasteiger partial charge in [-0.1, -0.05) is 6.07 Å². The summed E-state index contributed by atoms with van der Waals surface area (Å²) in [5, 5.41) is 4.15. The molecule has 0 bridgehead atoms. The van der Waals surface area contributed by atoms with Gasteiger partial charge in [-0.2, -0.15) is 18.3 Å². The van der Waals surface area contributed by atoms with Crippen LogP contribution in [0.2, 0.25) is 0 Å². The van der Waals surface area contributed by atoms with Gasteiger partial charge in [0, 0.05) is 57.1 Å². The maximum atomic E-state index is 12.6. The number of carbonyl (C=O) groups excluding carboxylic acids is 1. The lowest BCUT2D eigenvalue weighted by Gasteiger charge is -2.34. The number of aryl methyl sites for hydroxylation is 1. The van der Waals surface area contributed by atoms with Gasteiger partial charge in [-0.05, 0) is 18.2 Å². The molecule has 0 spiro atoms. The molecule has 2 heterocycles. The molecule has 0 saturated carbocycles. The predicted molar refractivity (Wildman–Crippen MR) is 92.4 cm³/mol. The van der Waals surface area contributed by atoms with E-state index >= 15 is 0 Å². The van der Waals surface area contributed by atoms with Crippen molar-refractivity contribution in [3.63, 3.8) is 0 Å². The van der Waals surface area contributed by atoms with Crippen molar-refractivity contribution in [2.24, 2.45) is 7.05 Å². The van der Waals surface area contributed by atoms with Gasteiger partial charge < -0.3 is 9.64 Å². The van der Waals surface area contributed by atoms with Crippen LogP contribution in [0.5, 0.6) is 5.75 Å². The molecule has 6 nitrogen and oxygen atoms in total. The van der Waals surface area contributed by atoms with Crippen LogP contribution in [0.3, 0.4) is 0 Å². The Hall–Kier alpha value is -2.55. The zero-order valence-corrected chi connectivity index (χ0v) is 14.9. The third-order valence-corrected chi connectivity index (χ3v) is 4.31. The van der Waals surface area contributed by atoms with Gasteiger partial charge in [0.05, 0.1) is 6.20 Å². The van der Waals surface area contributed by atoms with Crippen molar-refractivity contribution in [3.8, 4) is 5.75 Å². The first kappa shape index (κ1) is 19.2. The topological polar surface area (TPSA) is 50.6 Å². The molecule has 1 fully saturated rings. The SMILES string of the molecule is Cn1cc(CN2CCN(C(=O)c3cccc(OCC(F)(F)F)c3)CC2)cn1. The molecular weight excluding hydrogens is 361 g/mol. The fourth-order valence-electron chi connectivity index (χ4n) is 2.99. The summed E-state index contributed by atoms with van der Waals surface area (Å²) in [6.45, 7) is 1.98. The summed E-state index contributed by atoms with van der Waals surface area (Å²) in [6.07, 6.45) is -0.626. The minimum Gasteiger partial charge on any atom is -0.484 e. The highest BCUT2D eigenvalue weighted by atomic mass is 19.4. The largest absolute Gasteiger partial charge is 0.484 e. The van der Waals surface area contributed by atoms with Crippen molar-refractivity contribution < 1.29 is 22.7 Å². The van der Waals surface area contributed by atoms with E-state index in [9.17, 15) is 18.0 Å². The Balaban J connectivity index is 1.54. The first-order valence-corrected chi connectivity index (χ1v) is 8.59. The van der Waals surface area contributed by atoms with Crippen LogP contribution in [0.4, 0.5) is 13.2 Å². The number of hydrogen-bond donors (Lipinski definition) is 0. The van der Waals surface area contributed by atoms with Gasteiger partial charge in [0.25, 0.3) is 5.91 Å². The van der Waals surface area contributed by atoms with E-state index < -0.39 is 12.8 Å². The summed E-state index contributed by atoms with van der Waals surface area (Å²) in [5.41, 5.74) is 1.45. The molecule has 0 atom stereocenters. The molecule has 1 aliphatic rings. The van der Waals surface area contributed by atoms with E-state index in [4.69, 9.17) is 4.74 Å². The third-order valence-electron chi connectivity index (χ3n) is 4.31. The van der Waals surface area contributed by atoms with Crippen LogP contribution < -0.4 is 4.74 Å². The smallest absolute Gasteiger partial charge is 0.422 e. The van der Waals surface area contributed by atoms with Crippen LogP contribution in [-0.2, 0) is 13.6 Å². The average Bonchev–Trinajstić information content (AvgIpc) is 3.04. The number of carbonyl (C=O) groups is 1. The molecule has 0 unspecified atom stereocenters. The Morgan fingerprint density at radius 1 is 1.22 bits per heavy atom. The first-order chi connectivity index (χ1) is 12.8. The third kappa shape index (κ3) is 5.46. The molecule has 1 saturated heterocycles. The molecule has 146 valence electrons. The van der Waals surface area contributed by atoms with E-state index in [2.05, 4.69) is 10.00 Å². The lowest BCUT2D eigenvalue weighted by atomic mass is 10.1. The number of hydrogen-bond acceptors (Lipinski definition) is 4. The Labute approximate surface area is 155 Å². The number of benzene rings is 1. The highest BCUT2D eigenvalue weighted by molar-refractivity contribution is 5.94. The molecule has 0 radical (unpaired) electrons. The second-order valence-corrected chi connectivity index (χ2v) is 6.52. The molecule has 1 amide bonds. The molecule has 9 heteroatoms. The molecule has 1 aromatic heterocycles. The molecule has 0 N–H and O–H groups in total. The summed E-state index contributed by atoms with van der Waals surface area (Å²) in [6, 6.07) is 5.88. The van der Waals surface area contributed by atoms with Gasteiger partial charge in [0.2, 0.25) is 0 Å². The van der Waals surface area contributed by atoms with Gasteiger partial charge in [0.1, 0.15) is 5.75 Å². The second-order valence-electron chi connectivity index (χ2n) is 6.52. The number of amides is 1. The van der Waals surface area contributed by atoms with Gasteiger partial charge in [-0.3, -0.25) is 14.4 Å². The molecule has 2 aromatic rings. The van der Waals surface area contributed by atoms with Crippen molar-refractivity contribution in [1.82, 2.24) is 19.6 Å². The number of ether oxygens (including phenoxy) is 1. The van der Waals surface area contributed by atoms with Crippen molar-refractivity contribution in [2.45, 2.75) is 12.7 Å². The molecule has 3 rings (SSSR count). The van der Waals surface area contributed by atoms with Crippen molar-refractivity contribution >= 4 is 5.91 Å². The number of nitrogens with zero attached hydrogens (tertiary/aromatic N) is 4. The Morgan fingerprint density at radius 2 is 1.96 bits per heavy atom. The maximum absolute atomic E-state index is 12.6. The minimum absolute atomic E-state index is 0.0355. The Kier molecular flexibility index (Phi) is 5.69. The number of halogens is 3. The molecule has 27 heavy (non-hydrogen) atoms. The highest BCUT2D eigenvalue weighted by Gasteiger charge is 2.28. The summed E-state index contributed by atoms with van der Waals surface area (Å²) < 4.78 is 43.3. The van der Waals surface area contributed by atoms with Crippen molar-refractivity contribution in [1.29, 1.82) is 0 Å². The zero-order valence-electron chi connectivity index (χ0n) is 14.9. The highest BCUT2D eigenvalue weighted by Crippen LogP contribution is 2.20. The Morgan fingerprint density at radius 3 is 2.59 bits per heavy atom. The second kappa shape index (κ2) is 7.99. The van der Waals surface area contributed by atoms with Gasteiger partial charge in [-0.25, -0.2) is 0 Å². The monoisotopic (exact) mass is 382 g/mol. The molecular formula is C18H21F3N4O2. The maximum Gasteiger partial charge on any atom is 0.422 e. The lowest BCUT2D eigenvalue weighted by Crippen LogP contribution is -2.48. The zero-order chi connectivity index (χ0) is 19.4. The molecule has 0 aliphatic carbocycles. The van der Waals surface area contributed by atoms with Crippen LogP contribution in [0, 0.1) is 0 Å². The molecule has 1 aromatic carbocycles. The van der Waals surface area contributed by atoms with Crippen LogP contribution in [-0.4, -0.2) is 64.4 Å². The normalized spacial score (nSPS) is 15.8. The fourth-order valence-corrected chi connectivity index (χ4v) is 2.99. The van der Waals surface area contributed by atoms with E-state index in [-0.39, 0.29) is 11.7 Å². The average molecular weight is 382 g/mol. The van der Waals surface area contributed by atoms with E-state index in [1.54, 1.807) is 15.6 Å². The first-order valence-electron chi connectivity index (χ1n) is 8.59. The van der Waals surface area contributed by atoms with E-state index in [1.807, 2.05) is 19.4 Å². The number of piperazine rings is 1. The van der Waals surface area contributed by atoms with Gasteiger partial charge >= 0.3 is 6.18 Å². The van der Waals surface area contributed by atoms with Crippen molar-refractivity contribution in [3.05, 3.63) is 47.8 Å². The fraction of sp³-hybridized carbons (Fsp3) is 0.444. The standard InChI is InChI=1S/C18H21F3N4O2/c1-23-11-14(10-22-23)12-24-5-7-25(8-6-24)17(26)15-3-2-4-16(9-15)27-13-18(19,20)21/h2-4,9-11H,5-8,12-13H2,1H3. The van der Waals surface area contributed by atoms with E-state index in [1.165, 1.54) is 18.2 Å². The summed E-state index contributed by atoms with van der Waals surface area (Å²) in [7, 11) is 1.87. The Bertz CT molecular complexity index is 783.